The molecule has 8 nitrogen and oxygen atoms in total. The van der Waals surface area contributed by atoms with Gasteiger partial charge in [-0.25, -0.2) is 4.79 Å². The molecule has 10 heteroatoms. The van der Waals surface area contributed by atoms with Gasteiger partial charge >= 0.3 is 6.09 Å². The molecular formula is C30H44N4O4S2. The maximum Gasteiger partial charge on any atom is 0.411 e. The fourth-order valence-corrected chi connectivity index (χ4v) is 8.81. The largest absolute Gasteiger partial charge is 0.444 e. The van der Waals surface area contributed by atoms with E-state index >= 15 is 0 Å². The molecule has 0 bridgehead atoms. The Balaban J connectivity index is 1.26. The van der Waals surface area contributed by atoms with Gasteiger partial charge in [0, 0.05) is 42.9 Å². The van der Waals surface area contributed by atoms with E-state index in [1.807, 2.05) is 55.6 Å². The van der Waals surface area contributed by atoms with Crippen molar-refractivity contribution >= 4 is 47.1 Å². The van der Waals surface area contributed by atoms with Crippen LogP contribution in [0.1, 0.15) is 59.3 Å². The third kappa shape index (κ3) is 6.86. The van der Waals surface area contributed by atoms with Gasteiger partial charge in [-0.15, -0.1) is 11.8 Å². The molecule has 2 aliphatic heterocycles. The Labute approximate surface area is 247 Å². The zero-order chi connectivity index (χ0) is 28.3. The number of para-hydroxylation sites is 1. The molecule has 3 atom stereocenters. The summed E-state index contributed by atoms with van der Waals surface area (Å²) in [5, 5.41) is 3.28. The van der Waals surface area contributed by atoms with Crippen molar-refractivity contribution < 1.29 is 19.1 Å². The number of piperazine rings is 1. The van der Waals surface area contributed by atoms with Gasteiger partial charge in [0.05, 0.1) is 5.88 Å². The van der Waals surface area contributed by atoms with Crippen LogP contribution < -0.4 is 10.2 Å². The van der Waals surface area contributed by atoms with Gasteiger partial charge in [-0.1, -0.05) is 37.5 Å². The molecule has 3 amide bonds. The number of anilines is 1. The third-order valence-electron chi connectivity index (χ3n) is 8.38. The maximum absolute atomic E-state index is 14.1. The first-order valence-electron chi connectivity index (χ1n) is 14.8. The first-order valence-corrected chi connectivity index (χ1v) is 17.0. The number of hydrogen-bond acceptors (Lipinski definition) is 7. The van der Waals surface area contributed by atoms with E-state index in [-0.39, 0.29) is 17.1 Å². The maximum atomic E-state index is 14.1. The topological polar surface area (TPSA) is 82.2 Å². The number of thioether (sulfide) groups is 2. The van der Waals surface area contributed by atoms with Gasteiger partial charge in [0.1, 0.15) is 17.2 Å². The van der Waals surface area contributed by atoms with Gasteiger partial charge in [0.15, 0.2) is 0 Å². The van der Waals surface area contributed by atoms with Crippen molar-refractivity contribution in [3.05, 3.63) is 30.3 Å². The van der Waals surface area contributed by atoms with Crippen LogP contribution in [-0.2, 0) is 14.3 Å². The second-order valence-corrected chi connectivity index (χ2v) is 14.8. The van der Waals surface area contributed by atoms with Crippen LogP contribution in [0.5, 0.6) is 0 Å². The fraction of sp³-hybridized carbons (Fsp3) is 0.700. The van der Waals surface area contributed by atoms with Gasteiger partial charge in [-0.05, 0) is 63.8 Å². The fourth-order valence-electron chi connectivity index (χ4n) is 6.00. The molecule has 4 fully saturated rings. The summed E-state index contributed by atoms with van der Waals surface area (Å²) in [4.78, 5) is 46.4. The first-order chi connectivity index (χ1) is 19.2. The molecule has 2 aliphatic carbocycles. The Morgan fingerprint density at radius 2 is 1.75 bits per heavy atom. The van der Waals surface area contributed by atoms with Crippen LogP contribution >= 0.6 is 23.5 Å². The van der Waals surface area contributed by atoms with Crippen molar-refractivity contribution in [1.82, 2.24) is 15.1 Å². The number of amides is 3. The van der Waals surface area contributed by atoms with Crippen LogP contribution in [-0.4, -0.2) is 93.7 Å². The summed E-state index contributed by atoms with van der Waals surface area (Å²) >= 11 is 3.40. The Morgan fingerprint density at radius 3 is 2.42 bits per heavy atom. The Kier molecular flexibility index (Phi) is 9.14. The van der Waals surface area contributed by atoms with Crippen molar-refractivity contribution in [2.75, 3.05) is 48.5 Å². The highest BCUT2D eigenvalue weighted by atomic mass is 32.2. The number of carbonyl (C=O) groups excluding carboxylic acids is 3. The number of hydrogen-bond donors (Lipinski definition) is 1. The van der Waals surface area contributed by atoms with Gasteiger partial charge in [0.25, 0.3) is 0 Å². The molecule has 0 aromatic heterocycles. The predicted molar refractivity (Wildman–Crippen MR) is 163 cm³/mol. The van der Waals surface area contributed by atoms with Crippen molar-refractivity contribution in [3.8, 4) is 0 Å². The highest BCUT2D eigenvalue weighted by Crippen LogP contribution is 2.49. The van der Waals surface area contributed by atoms with E-state index in [2.05, 4.69) is 22.3 Å². The minimum Gasteiger partial charge on any atom is -0.444 e. The highest BCUT2D eigenvalue weighted by Gasteiger charge is 2.63. The molecule has 5 rings (SSSR count). The zero-order valence-corrected chi connectivity index (χ0v) is 25.7. The molecule has 40 heavy (non-hydrogen) atoms. The number of rotatable bonds is 7. The van der Waals surface area contributed by atoms with Gasteiger partial charge in [0.2, 0.25) is 11.8 Å². The van der Waals surface area contributed by atoms with Crippen molar-refractivity contribution in [2.24, 2.45) is 5.92 Å². The minimum absolute atomic E-state index is 0.0316. The van der Waals surface area contributed by atoms with E-state index in [1.165, 1.54) is 42.7 Å². The Hall–Kier alpha value is -2.07. The lowest BCUT2D eigenvalue weighted by atomic mass is 9.91. The van der Waals surface area contributed by atoms with Crippen LogP contribution in [0.4, 0.5) is 10.5 Å². The third-order valence-corrected chi connectivity index (χ3v) is 11.0. The van der Waals surface area contributed by atoms with Crippen molar-refractivity contribution in [2.45, 2.75) is 81.7 Å². The van der Waals surface area contributed by atoms with Crippen LogP contribution in [0.15, 0.2) is 30.3 Å². The van der Waals surface area contributed by atoms with Gasteiger partial charge < -0.3 is 19.9 Å². The Morgan fingerprint density at radius 1 is 1.05 bits per heavy atom. The predicted octanol–water partition coefficient (Wildman–Crippen LogP) is 4.59. The summed E-state index contributed by atoms with van der Waals surface area (Å²) in [6.07, 6.45) is 6.61. The van der Waals surface area contributed by atoms with E-state index in [1.54, 1.807) is 11.8 Å². The molecule has 220 valence electrons. The van der Waals surface area contributed by atoms with Crippen LogP contribution in [0.3, 0.4) is 0 Å². The van der Waals surface area contributed by atoms with Crippen molar-refractivity contribution in [3.63, 3.8) is 0 Å². The number of nitrogens with zero attached hydrogens (tertiary/aromatic N) is 3. The van der Waals surface area contributed by atoms with Gasteiger partial charge in [-0.3, -0.25) is 14.5 Å². The number of carbonyl (C=O) groups is 3. The lowest BCUT2D eigenvalue weighted by Gasteiger charge is -2.38. The average molecular weight is 589 g/mol. The summed E-state index contributed by atoms with van der Waals surface area (Å²) in [7, 11) is 0. The van der Waals surface area contributed by atoms with Crippen LogP contribution in [0.2, 0.25) is 0 Å². The molecule has 1 aromatic carbocycles. The number of nitrogens with one attached hydrogen (secondary N) is 1. The molecule has 2 saturated heterocycles. The second kappa shape index (κ2) is 12.4. The quantitative estimate of drug-likeness (QED) is 0.499. The van der Waals surface area contributed by atoms with E-state index in [0.717, 1.165) is 18.8 Å². The van der Waals surface area contributed by atoms with E-state index < -0.39 is 23.3 Å². The molecule has 2 unspecified atom stereocenters. The normalized spacial score (nSPS) is 27.4. The molecular weight excluding hydrogens is 544 g/mol. The number of ether oxygens (including phenoxy) is 1. The summed E-state index contributed by atoms with van der Waals surface area (Å²) < 4.78 is 5.57. The molecule has 0 spiro atoms. The summed E-state index contributed by atoms with van der Waals surface area (Å²) in [5.41, 5.74) is -0.356. The summed E-state index contributed by atoms with van der Waals surface area (Å²) in [6.45, 7) is 8.28. The lowest BCUT2D eigenvalue weighted by Crippen LogP contribution is -2.60. The standard InChI is InChI=1S/C30H44N4O4S2/c1-29(2,3)38-28(37)34-21-39-20-24(34)26(35)31-30(18-25(30)40-19-22-10-6-4-7-11-22)27(36)33-16-14-32(15-17-33)23-12-8-5-9-13-23/h5,8-9,12-13,22,24-25H,4,6-7,10-11,14-21H2,1-3H3,(H,31,35)/t24-,25?,30?/m0/s1. The smallest absolute Gasteiger partial charge is 0.411 e. The Bertz CT molecular complexity index is 1050. The summed E-state index contributed by atoms with van der Waals surface area (Å²) in [6, 6.07) is 9.67. The molecule has 1 N–H and O–H groups in total. The average Bonchev–Trinajstić information content (AvgIpc) is 3.40. The molecule has 2 saturated carbocycles. The second-order valence-electron chi connectivity index (χ2n) is 12.6. The van der Waals surface area contributed by atoms with Gasteiger partial charge in [-0.2, -0.15) is 11.8 Å². The number of benzene rings is 1. The lowest BCUT2D eigenvalue weighted by molar-refractivity contribution is -0.138. The minimum atomic E-state index is -0.891. The van der Waals surface area contributed by atoms with Crippen molar-refractivity contribution in [1.29, 1.82) is 0 Å². The van der Waals surface area contributed by atoms with Crippen LogP contribution in [0.25, 0.3) is 0 Å². The van der Waals surface area contributed by atoms with E-state index in [9.17, 15) is 14.4 Å². The zero-order valence-electron chi connectivity index (χ0n) is 24.1. The van der Waals surface area contributed by atoms with Crippen LogP contribution in [0, 0.1) is 5.92 Å². The first kappa shape index (κ1) is 29.4. The monoisotopic (exact) mass is 588 g/mol. The van der Waals surface area contributed by atoms with E-state index in [0.29, 0.717) is 37.1 Å². The SMILES string of the molecule is CC(C)(C)OC(=O)N1CSC[C@H]1C(=O)NC1(C(=O)N2CCN(c3ccccc3)CC2)CC1SCC1CCCCC1. The molecule has 0 radical (unpaired) electrons. The highest BCUT2D eigenvalue weighted by molar-refractivity contribution is 8.00. The summed E-state index contributed by atoms with van der Waals surface area (Å²) in [5.74, 6) is 2.45. The molecule has 1 aromatic rings. The van der Waals surface area contributed by atoms with E-state index in [4.69, 9.17) is 4.74 Å². The molecule has 4 aliphatic rings. The molecule has 2 heterocycles.